The monoisotopic (exact) mass is 1080 g/mol. The minimum atomic E-state index is 0.154. The molecule has 14 nitrogen and oxygen atoms in total. The maximum atomic E-state index is 13.1. The maximum absolute atomic E-state index is 13.1. The van der Waals surface area contributed by atoms with Crippen LogP contribution in [0.25, 0.3) is 21.8 Å². The smallest absolute Gasteiger partial charge is 0.228 e. The van der Waals surface area contributed by atoms with Gasteiger partial charge in [0.05, 0.1) is 23.9 Å². The van der Waals surface area contributed by atoms with Crippen LogP contribution in [0.3, 0.4) is 0 Å². The predicted molar refractivity (Wildman–Crippen MR) is 325 cm³/mol. The summed E-state index contributed by atoms with van der Waals surface area (Å²) in [5.41, 5.74) is 11.3. The molecule has 14 heteroatoms. The Balaban J connectivity index is 0.000000170. The van der Waals surface area contributed by atoms with Crippen molar-refractivity contribution < 1.29 is 19.1 Å². The van der Waals surface area contributed by atoms with E-state index >= 15 is 0 Å². The van der Waals surface area contributed by atoms with Crippen molar-refractivity contribution in [2.24, 2.45) is 0 Å². The second kappa shape index (κ2) is 25.5. The van der Waals surface area contributed by atoms with Gasteiger partial charge in [0.15, 0.2) is 0 Å². The number of ether oxygens (including phenoxy) is 2. The van der Waals surface area contributed by atoms with Gasteiger partial charge in [-0.05, 0) is 153 Å². The van der Waals surface area contributed by atoms with Crippen molar-refractivity contribution in [2.75, 3.05) is 98.1 Å². The molecule has 6 aromatic carbocycles. The first-order chi connectivity index (χ1) is 39.6. The number of carbonyl (C=O) groups excluding carboxylic acids is 2. The third-order valence-corrected chi connectivity index (χ3v) is 16.5. The number of aromatic nitrogens is 4. The number of hydrogen-bond donors (Lipinski definition) is 0. The van der Waals surface area contributed by atoms with Gasteiger partial charge in [-0.3, -0.25) is 9.59 Å². The molecule has 2 amide bonds. The van der Waals surface area contributed by atoms with Gasteiger partial charge in [-0.25, -0.2) is 9.97 Å². The summed E-state index contributed by atoms with van der Waals surface area (Å²) in [5.74, 6) is 5.59. The zero-order valence-electron chi connectivity index (χ0n) is 47.7. The Labute approximate surface area is 477 Å². The number of hydrogen-bond acceptors (Lipinski definition) is 12. The summed E-state index contributed by atoms with van der Waals surface area (Å²) in [6.07, 6.45) is 6.89. The minimum absolute atomic E-state index is 0.154. The Kier molecular flexibility index (Phi) is 17.2. The fraction of sp³-hybridized carbons (Fsp3) is 0.373. The molecule has 6 heterocycles. The van der Waals surface area contributed by atoms with Crippen LogP contribution in [0.5, 0.6) is 11.5 Å². The fourth-order valence-electron chi connectivity index (χ4n) is 11.3. The summed E-state index contributed by atoms with van der Waals surface area (Å²) >= 11 is 0. The van der Waals surface area contributed by atoms with Crippen LogP contribution in [0, 0.1) is 27.7 Å². The van der Waals surface area contributed by atoms with Crippen LogP contribution in [-0.4, -0.2) is 120 Å². The van der Waals surface area contributed by atoms with Gasteiger partial charge < -0.3 is 38.9 Å². The standard InChI is InChI=1S/C34H39N5O2.C33H37N5O2/c1-25-21-30-31(22-26(25)2)35-34(36-33(30)38-15-7-4-8-16-38)39-19-17-37(18-20-39)32(40)23-27-11-13-29(14-12-27)41-24-28-9-5-3-6-10-28;1-24-20-29-30(21-25(24)2)34-33(35-32(29)37-14-6-7-15-37)38-18-16-36(17-19-38)31(39)22-26-10-12-28(13-11-26)40-23-27-8-4-3-5-9-27/h3,5-6,9-14,21-22H,4,7-8,15-20,23-24H2,1-2H3;3-5,8-13,20-21H,6-7,14-19,22-23H2,1-2H3. The van der Waals surface area contributed by atoms with E-state index in [-0.39, 0.29) is 11.8 Å². The molecule has 0 atom stereocenters. The predicted octanol–water partition coefficient (Wildman–Crippen LogP) is 11.0. The van der Waals surface area contributed by atoms with Crippen molar-refractivity contribution >= 4 is 57.2 Å². The molecule has 0 radical (unpaired) electrons. The van der Waals surface area contributed by atoms with E-state index in [1.54, 1.807) is 0 Å². The second-order valence-corrected chi connectivity index (χ2v) is 22.3. The average molecular weight is 1090 g/mol. The highest BCUT2D eigenvalue weighted by Crippen LogP contribution is 2.33. The maximum Gasteiger partial charge on any atom is 0.228 e. The Morgan fingerprint density at radius 3 is 1.12 bits per heavy atom. The highest BCUT2D eigenvalue weighted by Gasteiger charge is 2.28. The number of benzene rings is 6. The second-order valence-electron chi connectivity index (χ2n) is 22.3. The molecule has 418 valence electrons. The zero-order chi connectivity index (χ0) is 55.7. The van der Waals surface area contributed by atoms with E-state index in [0.717, 1.165) is 131 Å². The Morgan fingerprint density at radius 2 is 0.741 bits per heavy atom. The van der Waals surface area contributed by atoms with Gasteiger partial charge in [-0.2, -0.15) is 9.97 Å². The molecule has 12 rings (SSSR count). The van der Waals surface area contributed by atoms with Crippen molar-refractivity contribution in [1.82, 2.24) is 29.7 Å². The van der Waals surface area contributed by atoms with Crippen molar-refractivity contribution in [2.45, 2.75) is 85.9 Å². The number of piperidine rings is 1. The van der Waals surface area contributed by atoms with E-state index in [0.29, 0.717) is 52.2 Å². The van der Waals surface area contributed by atoms with E-state index in [9.17, 15) is 9.59 Å². The topological polar surface area (TPSA) is 124 Å². The first-order valence-corrected chi connectivity index (χ1v) is 29.2. The third-order valence-electron chi connectivity index (χ3n) is 16.5. The average Bonchev–Trinajstić information content (AvgIpc) is 4.25. The van der Waals surface area contributed by atoms with E-state index in [1.165, 1.54) is 54.4 Å². The highest BCUT2D eigenvalue weighted by molar-refractivity contribution is 5.93. The lowest BCUT2D eigenvalue weighted by atomic mass is 10.1. The van der Waals surface area contributed by atoms with Crippen LogP contribution in [0.15, 0.2) is 133 Å². The zero-order valence-corrected chi connectivity index (χ0v) is 47.7. The quantitative estimate of drug-likeness (QED) is 0.103. The summed E-state index contributed by atoms with van der Waals surface area (Å²) in [5, 5.41) is 2.28. The molecule has 0 unspecified atom stereocenters. The molecule has 0 N–H and O–H groups in total. The number of carbonyl (C=O) groups is 2. The fourth-order valence-corrected chi connectivity index (χ4v) is 11.3. The van der Waals surface area contributed by atoms with Gasteiger partial charge in [-0.1, -0.05) is 84.9 Å². The first-order valence-electron chi connectivity index (χ1n) is 29.2. The molecule has 4 aliphatic heterocycles. The first kappa shape index (κ1) is 54.7. The molecule has 8 aromatic rings. The van der Waals surface area contributed by atoms with Crippen LogP contribution in [-0.2, 0) is 35.6 Å². The number of aryl methyl sites for hydroxylation is 4. The summed E-state index contributed by atoms with van der Waals surface area (Å²) < 4.78 is 11.8. The summed E-state index contributed by atoms with van der Waals surface area (Å²) in [6.45, 7) is 19.4. The Hall–Kier alpha value is -8.26. The Bertz CT molecular complexity index is 3420. The van der Waals surface area contributed by atoms with Crippen LogP contribution in [0.2, 0.25) is 0 Å². The molecular formula is C67H76N10O4. The van der Waals surface area contributed by atoms with Gasteiger partial charge >= 0.3 is 0 Å². The summed E-state index contributed by atoms with van der Waals surface area (Å²) in [4.78, 5) is 59.7. The molecule has 4 fully saturated rings. The van der Waals surface area contributed by atoms with E-state index in [2.05, 4.69) is 71.6 Å². The molecule has 81 heavy (non-hydrogen) atoms. The van der Waals surface area contributed by atoms with E-state index < -0.39 is 0 Å². The van der Waals surface area contributed by atoms with Gasteiger partial charge in [0.25, 0.3) is 0 Å². The van der Waals surface area contributed by atoms with E-state index in [1.807, 2.05) is 119 Å². The molecule has 0 spiro atoms. The molecule has 0 aliphatic carbocycles. The number of amides is 2. The molecular weight excluding hydrogens is 1010 g/mol. The SMILES string of the molecule is Cc1cc2nc(N3CCN(C(=O)Cc4ccc(OCc5ccccc5)cc4)CC3)nc(N3CCCC3)c2cc1C.Cc1cc2nc(N3CCN(C(=O)Cc4ccc(OCc5ccccc5)cc4)CC3)nc(N3CCCCC3)c2cc1C. The lowest BCUT2D eigenvalue weighted by Crippen LogP contribution is -2.49. The number of anilines is 4. The lowest BCUT2D eigenvalue weighted by molar-refractivity contribution is -0.131. The molecule has 0 saturated carbocycles. The van der Waals surface area contributed by atoms with Crippen LogP contribution in [0.1, 0.15) is 76.6 Å². The number of fused-ring (bicyclic) bond motifs is 2. The molecule has 4 saturated heterocycles. The number of nitrogens with zero attached hydrogens (tertiary/aromatic N) is 10. The summed E-state index contributed by atoms with van der Waals surface area (Å²) in [6, 6.07) is 44.8. The van der Waals surface area contributed by atoms with Gasteiger partial charge in [0.1, 0.15) is 36.3 Å². The van der Waals surface area contributed by atoms with Gasteiger partial charge in [-0.15, -0.1) is 0 Å². The van der Waals surface area contributed by atoms with Crippen LogP contribution in [0.4, 0.5) is 23.5 Å². The van der Waals surface area contributed by atoms with Gasteiger partial charge in [0, 0.05) is 89.3 Å². The molecule has 4 aliphatic rings. The highest BCUT2D eigenvalue weighted by atomic mass is 16.5. The largest absolute Gasteiger partial charge is 0.489 e. The number of piperazine rings is 2. The van der Waals surface area contributed by atoms with E-state index in [4.69, 9.17) is 29.4 Å². The summed E-state index contributed by atoms with van der Waals surface area (Å²) in [7, 11) is 0. The van der Waals surface area contributed by atoms with Gasteiger partial charge in [0.2, 0.25) is 23.7 Å². The minimum Gasteiger partial charge on any atom is -0.489 e. The van der Waals surface area contributed by atoms with Crippen LogP contribution >= 0.6 is 0 Å². The molecule has 0 bridgehead atoms. The normalized spacial score (nSPS) is 15.7. The van der Waals surface area contributed by atoms with Crippen molar-refractivity contribution in [3.8, 4) is 11.5 Å². The molecule has 2 aromatic heterocycles. The number of rotatable bonds is 14. The lowest BCUT2D eigenvalue weighted by Gasteiger charge is -2.36. The third kappa shape index (κ3) is 13.5. The van der Waals surface area contributed by atoms with Crippen molar-refractivity contribution in [1.29, 1.82) is 0 Å². The van der Waals surface area contributed by atoms with Crippen LogP contribution < -0.4 is 29.1 Å². The Morgan fingerprint density at radius 1 is 0.383 bits per heavy atom. The van der Waals surface area contributed by atoms with Crippen molar-refractivity contribution in [3.05, 3.63) is 178 Å². The van der Waals surface area contributed by atoms with Crippen molar-refractivity contribution in [3.63, 3.8) is 0 Å².